The molecule has 0 atom stereocenters. The molecule has 0 amide bonds. The van der Waals surface area contributed by atoms with Crippen molar-refractivity contribution in [1.82, 2.24) is 9.88 Å². The van der Waals surface area contributed by atoms with Crippen LogP contribution >= 0.6 is 0 Å². The van der Waals surface area contributed by atoms with Gasteiger partial charge in [-0.3, -0.25) is 0 Å². The molecule has 0 aliphatic rings. The predicted octanol–water partition coefficient (Wildman–Crippen LogP) is 1.01. The first-order valence-electron chi connectivity index (χ1n) is 3.72. The van der Waals surface area contributed by atoms with E-state index in [9.17, 15) is 0 Å². The zero-order valence-corrected chi connectivity index (χ0v) is 7.28. The minimum Gasteiger partial charge on any atom is -0.305 e. The van der Waals surface area contributed by atoms with Crippen LogP contribution in [0.4, 0.5) is 0 Å². The quantitative estimate of drug-likeness (QED) is 0.650. The fourth-order valence-electron chi connectivity index (χ4n) is 0.999. The number of nitriles is 1. The van der Waals surface area contributed by atoms with Gasteiger partial charge in [0.05, 0.1) is 0 Å². The van der Waals surface area contributed by atoms with Crippen LogP contribution in [0.5, 0.6) is 0 Å². The second-order valence-electron chi connectivity index (χ2n) is 2.90. The number of nitrogens with zero attached hydrogens (tertiary/aromatic N) is 3. The van der Waals surface area contributed by atoms with Crippen molar-refractivity contribution < 1.29 is 0 Å². The summed E-state index contributed by atoms with van der Waals surface area (Å²) in [5, 5.41) is 8.57. The van der Waals surface area contributed by atoms with Gasteiger partial charge in [0.15, 0.2) is 0 Å². The molecule has 1 heterocycles. The highest BCUT2D eigenvalue weighted by molar-refractivity contribution is 5.25. The fourth-order valence-corrected chi connectivity index (χ4v) is 0.999. The summed E-state index contributed by atoms with van der Waals surface area (Å²) in [4.78, 5) is 5.94. The molecule has 3 heteroatoms. The summed E-state index contributed by atoms with van der Waals surface area (Å²) in [5.41, 5.74) is 1.60. The molecule has 0 unspecified atom stereocenters. The lowest BCUT2D eigenvalue weighted by Gasteiger charge is -2.08. The minimum absolute atomic E-state index is 0.481. The molecule has 0 aromatic carbocycles. The second kappa shape index (κ2) is 3.84. The number of pyridine rings is 1. The Morgan fingerprint density at radius 1 is 1.58 bits per heavy atom. The van der Waals surface area contributed by atoms with Gasteiger partial charge in [-0.25, -0.2) is 4.98 Å². The molecular formula is C9H11N3. The molecule has 0 saturated carbocycles. The molecule has 1 aromatic rings. The number of aromatic nitrogens is 1. The van der Waals surface area contributed by atoms with Gasteiger partial charge >= 0.3 is 0 Å². The first-order chi connectivity index (χ1) is 5.72. The fraction of sp³-hybridized carbons (Fsp3) is 0.333. The lowest BCUT2D eigenvalue weighted by molar-refractivity contribution is 0.402. The van der Waals surface area contributed by atoms with Gasteiger partial charge in [-0.2, -0.15) is 5.26 Å². The van der Waals surface area contributed by atoms with E-state index in [0.717, 1.165) is 12.1 Å². The van der Waals surface area contributed by atoms with Crippen LogP contribution in [0.15, 0.2) is 18.3 Å². The maximum Gasteiger partial charge on any atom is 0.140 e. The molecule has 0 radical (unpaired) electrons. The zero-order chi connectivity index (χ0) is 8.97. The van der Waals surface area contributed by atoms with Crippen molar-refractivity contribution in [3.63, 3.8) is 0 Å². The summed E-state index contributed by atoms with van der Waals surface area (Å²) in [7, 11) is 3.99. The van der Waals surface area contributed by atoms with Crippen LogP contribution in [-0.4, -0.2) is 24.0 Å². The molecule has 0 N–H and O–H groups in total. The van der Waals surface area contributed by atoms with E-state index in [1.165, 1.54) is 0 Å². The van der Waals surface area contributed by atoms with E-state index < -0.39 is 0 Å². The van der Waals surface area contributed by atoms with Gasteiger partial charge in [0.1, 0.15) is 11.8 Å². The molecule has 0 fully saturated rings. The maximum absolute atomic E-state index is 8.57. The van der Waals surface area contributed by atoms with Crippen LogP contribution in [0.3, 0.4) is 0 Å². The van der Waals surface area contributed by atoms with E-state index in [4.69, 9.17) is 5.26 Å². The standard InChI is InChI=1S/C9H11N3/c1-12(2)7-8-3-4-11-9(5-8)6-10/h3-5H,7H2,1-2H3. The monoisotopic (exact) mass is 161 g/mol. The van der Waals surface area contributed by atoms with Crippen LogP contribution in [0.2, 0.25) is 0 Å². The Balaban J connectivity index is 2.81. The first-order valence-corrected chi connectivity index (χ1v) is 3.72. The highest BCUT2D eigenvalue weighted by Gasteiger charge is 1.96. The van der Waals surface area contributed by atoms with Gasteiger partial charge < -0.3 is 4.90 Å². The molecule has 0 spiro atoms. The average molecular weight is 161 g/mol. The Hall–Kier alpha value is -1.40. The van der Waals surface area contributed by atoms with Crippen LogP contribution in [0.1, 0.15) is 11.3 Å². The Morgan fingerprint density at radius 3 is 2.92 bits per heavy atom. The van der Waals surface area contributed by atoms with E-state index in [1.807, 2.05) is 26.2 Å². The molecule has 3 nitrogen and oxygen atoms in total. The SMILES string of the molecule is CN(C)Cc1ccnc(C#N)c1. The normalized spacial score (nSPS) is 9.83. The lowest BCUT2D eigenvalue weighted by Crippen LogP contribution is -2.10. The van der Waals surface area contributed by atoms with E-state index >= 15 is 0 Å². The van der Waals surface area contributed by atoms with E-state index in [2.05, 4.69) is 9.88 Å². The summed E-state index contributed by atoms with van der Waals surface area (Å²) < 4.78 is 0. The van der Waals surface area contributed by atoms with E-state index in [1.54, 1.807) is 12.3 Å². The van der Waals surface area contributed by atoms with Gasteiger partial charge in [-0.05, 0) is 31.8 Å². The van der Waals surface area contributed by atoms with Gasteiger partial charge in [-0.15, -0.1) is 0 Å². The molecule has 0 aliphatic heterocycles. The zero-order valence-electron chi connectivity index (χ0n) is 7.28. The maximum atomic E-state index is 8.57. The topological polar surface area (TPSA) is 39.9 Å². The third kappa shape index (κ3) is 2.33. The molecule has 0 saturated heterocycles. The van der Waals surface area contributed by atoms with E-state index in [-0.39, 0.29) is 0 Å². The average Bonchev–Trinajstić information content (AvgIpc) is 2.03. The van der Waals surface area contributed by atoms with Gasteiger partial charge in [0.2, 0.25) is 0 Å². The third-order valence-corrected chi connectivity index (χ3v) is 1.44. The summed E-state index contributed by atoms with van der Waals surface area (Å²) in [6.45, 7) is 0.844. The molecule has 0 aliphatic carbocycles. The number of hydrogen-bond donors (Lipinski definition) is 0. The van der Waals surface area contributed by atoms with Gasteiger partial charge in [0, 0.05) is 12.7 Å². The van der Waals surface area contributed by atoms with Crippen molar-refractivity contribution in [3.05, 3.63) is 29.6 Å². The van der Waals surface area contributed by atoms with Crippen molar-refractivity contribution in [2.24, 2.45) is 0 Å². The van der Waals surface area contributed by atoms with Crippen molar-refractivity contribution in [2.45, 2.75) is 6.54 Å². The Labute approximate surface area is 72.3 Å². The Bertz CT molecular complexity index is 299. The minimum atomic E-state index is 0.481. The van der Waals surface area contributed by atoms with Crippen molar-refractivity contribution in [2.75, 3.05) is 14.1 Å². The number of rotatable bonds is 2. The van der Waals surface area contributed by atoms with Crippen molar-refractivity contribution >= 4 is 0 Å². The third-order valence-electron chi connectivity index (χ3n) is 1.44. The van der Waals surface area contributed by atoms with Crippen LogP contribution < -0.4 is 0 Å². The summed E-state index contributed by atoms with van der Waals surface area (Å²) in [5.74, 6) is 0. The molecule has 62 valence electrons. The van der Waals surface area contributed by atoms with Crippen molar-refractivity contribution in [3.8, 4) is 6.07 Å². The summed E-state index contributed by atoms with van der Waals surface area (Å²) in [6.07, 6.45) is 1.66. The van der Waals surface area contributed by atoms with Gasteiger partial charge in [0.25, 0.3) is 0 Å². The Morgan fingerprint density at radius 2 is 2.33 bits per heavy atom. The van der Waals surface area contributed by atoms with Crippen LogP contribution in [0.25, 0.3) is 0 Å². The van der Waals surface area contributed by atoms with Crippen LogP contribution in [-0.2, 0) is 6.54 Å². The number of hydrogen-bond acceptors (Lipinski definition) is 3. The summed E-state index contributed by atoms with van der Waals surface area (Å²) >= 11 is 0. The molecule has 1 aromatic heterocycles. The molecular weight excluding hydrogens is 150 g/mol. The van der Waals surface area contributed by atoms with Crippen LogP contribution in [0, 0.1) is 11.3 Å². The lowest BCUT2D eigenvalue weighted by atomic mass is 10.2. The van der Waals surface area contributed by atoms with Gasteiger partial charge in [-0.1, -0.05) is 0 Å². The smallest absolute Gasteiger partial charge is 0.140 e. The van der Waals surface area contributed by atoms with Crippen molar-refractivity contribution in [1.29, 1.82) is 5.26 Å². The predicted molar refractivity (Wildman–Crippen MR) is 46.3 cm³/mol. The molecule has 0 bridgehead atoms. The first kappa shape index (κ1) is 8.69. The molecule has 1 rings (SSSR count). The highest BCUT2D eigenvalue weighted by Crippen LogP contribution is 2.02. The summed E-state index contributed by atoms with van der Waals surface area (Å²) in [6, 6.07) is 5.73. The highest BCUT2D eigenvalue weighted by atomic mass is 15.0. The molecule has 12 heavy (non-hydrogen) atoms. The van der Waals surface area contributed by atoms with E-state index in [0.29, 0.717) is 5.69 Å². The second-order valence-corrected chi connectivity index (χ2v) is 2.90. The Kier molecular flexibility index (Phi) is 2.78. The largest absolute Gasteiger partial charge is 0.305 e.